The summed E-state index contributed by atoms with van der Waals surface area (Å²) in [4.78, 5) is 34.4. The second-order valence-corrected chi connectivity index (χ2v) is 7.22. The average molecular weight is 368 g/mol. The number of nitrogens with one attached hydrogen (secondary N) is 1. The molecule has 0 bridgehead atoms. The summed E-state index contributed by atoms with van der Waals surface area (Å²) in [5.74, 6) is -0.0135. The van der Waals surface area contributed by atoms with E-state index < -0.39 is 0 Å². The first-order valence-corrected chi connectivity index (χ1v) is 9.59. The molecule has 8 nitrogen and oxygen atoms in total. The van der Waals surface area contributed by atoms with Gasteiger partial charge in [0.25, 0.3) is 5.91 Å². The number of carbonyl (C=O) groups is 2. The van der Waals surface area contributed by atoms with Crippen LogP contribution in [0.3, 0.4) is 0 Å². The molecule has 4 rings (SSSR count). The highest BCUT2D eigenvalue weighted by Crippen LogP contribution is 2.19. The van der Waals surface area contributed by atoms with Crippen molar-refractivity contribution in [1.82, 2.24) is 30.0 Å². The van der Waals surface area contributed by atoms with Crippen LogP contribution in [0.5, 0.6) is 0 Å². The lowest BCUT2D eigenvalue weighted by atomic mass is 10.2. The molecule has 1 N–H and O–H groups in total. The van der Waals surface area contributed by atoms with E-state index in [1.165, 1.54) is 25.2 Å². The summed E-state index contributed by atoms with van der Waals surface area (Å²) in [6, 6.07) is 2.35. The van der Waals surface area contributed by atoms with Crippen molar-refractivity contribution in [2.75, 3.05) is 6.54 Å². The Hall–Kier alpha value is -2.77. The molecule has 2 amide bonds. The molecule has 2 aliphatic rings. The Kier molecular flexibility index (Phi) is 5.13. The molecule has 8 heteroatoms. The van der Waals surface area contributed by atoms with Crippen LogP contribution in [0.2, 0.25) is 0 Å². The average Bonchev–Trinajstić information content (AvgIpc) is 3.35. The number of hydrogen-bond donors (Lipinski definition) is 1. The SMILES string of the molecule is O=C(CCc1cc2n(n1)CCN(C(=O)c1cnccn1)C2)NC1CCCC1. The van der Waals surface area contributed by atoms with Gasteiger partial charge in [-0.2, -0.15) is 5.10 Å². The lowest BCUT2D eigenvalue weighted by Gasteiger charge is -2.27. The molecule has 0 radical (unpaired) electrons. The summed E-state index contributed by atoms with van der Waals surface area (Å²) in [7, 11) is 0. The predicted molar refractivity (Wildman–Crippen MR) is 97.7 cm³/mol. The summed E-state index contributed by atoms with van der Waals surface area (Å²) < 4.78 is 1.94. The van der Waals surface area contributed by atoms with Gasteiger partial charge in [-0.1, -0.05) is 12.8 Å². The zero-order valence-corrected chi connectivity index (χ0v) is 15.3. The summed E-state index contributed by atoms with van der Waals surface area (Å²) in [5, 5.41) is 7.70. The smallest absolute Gasteiger partial charge is 0.274 e. The van der Waals surface area contributed by atoms with Gasteiger partial charge < -0.3 is 10.2 Å². The van der Waals surface area contributed by atoms with E-state index in [0.29, 0.717) is 44.2 Å². The van der Waals surface area contributed by atoms with Gasteiger partial charge in [0.05, 0.1) is 30.7 Å². The Morgan fingerprint density at radius 3 is 2.81 bits per heavy atom. The Bertz CT molecular complexity index is 813. The maximum absolute atomic E-state index is 12.5. The van der Waals surface area contributed by atoms with Crippen molar-refractivity contribution in [2.45, 2.75) is 57.7 Å². The molecule has 0 unspecified atom stereocenters. The van der Waals surface area contributed by atoms with Crippen LogP contribution in [-0.2, 0) is 24.3 Å². The van der Waals surface area contributed by atoms with Gasteiger partial charge in [-0.3, -0.25) is 19.3 Å². The number of fused-ring (bicyclic) bond motifs is 1. The molecule has 1 saturated carbocycles. The summed E-state index contributed by atoms with van der Waals surface area (Å²) in [5.41, 5.74) is 2.25. The van der Waals surface area contributed by atoms with E-state index in [1.54, 1.807) is 11.1 Å². The van der Waals surface area contributed by atoms with Crippen molar-refractivity contribution in [2.24, 2.45) is 0 Å². The van der Waals surface area contributed by atoms with E-state index in [4.69, 9.17) is 0 Å². The highest BCUT2D eigenvalue weighted by atomic mass is 16.2. The monoisotopic (exact) mass is 368 g/mol. The van der Waals surface area contributed by atoms with Gasteiger partial charge in [-0.25, -0.2) is 4.98 Å². The molecular formula is C19H24N6O2. The fourth-order valence-corrected chi connectivity index (χ4v) is 3.80. The van der Waals surface area contributed by atoms with Crippen molar-refractivity contribution in [3.05, 3.63) is 41.7 Å². The third-order valence-corrected chi connectivity index (χ3v) is 5.25. The van der Waals surface area contributed by atoms with Crippen LogP contribution in [0.4, 0.5) is 0 Å². The molecule has 27 heavy (non-hydrogen) atoms. The fourth-order valence-electron chi connectivity index (χ4n) is 3.80. The lowest BCUT2D eigenvalue weighted by molar-refractivity contribution is -0.121. The molecular weight excluding hydrogens is 344 g/mol. The Morgan fingerprint density at radius 1 is 1.19 bits per heavy atom. The quantitative estimate of drug-likeness (QED) is 0.859. The Morgan fingerprint density at radius 2 is 2.04 bits per heavy atom. The van der Waals surface area contributed by atoms with E-state index in [0.717, 1.165) is 24.2 Å². The number of nitrogens with zero attached hydrogens (tertiary/aromatic N) is 5. The standard InChI is InChI=1S/C19H24N6O2/c26-18(22-14-3-1-2-4-14)6-5-15-11-16-13-24(9-10-25(16)23-15)19(27)17-12-20-7-8-21-17/h7-8,11-12,14H,1-6,9-10,13H2,(H,22,26). The van der Waals surface area contributed by atoms with Crippen molar-refractivity contribution in [1.29, 1.82) is 0 Å². The number of carbonyl (C=O) groups excluding carboxylic acids is 2. The van der Waals surface area contributed by atoms with Crippen LogP contribution in [0.15, 0.2) is 24.7 Å². The molecule has 0 aromatic carbocycles. The Labute approximate surface area is 158 Å². The van der Waals surface area contributed by atoms with Gasteiger partial charge in [-0.05, 0) is 18.9 Å². The molecule has 2 aromatic heterocycles. The van der Waals surface area contributed by atoms with Gasteiger partial charge >= 0.3 is 0 Å². The third kappa shape index (κ3) is 4.15. The minimum Gasteiger partial charge on any atom is -0.353 e. The van der Waals surface area contributed by atoms with Crippen LogP contribution in [-0.4, -0.2) is 49.0 Å². The number of rotatable bonds is 5. The molecule has 1 aliphatic heterocycles. The van der Waals surface area contributed by atoms with Gasteiger partial charge in [-0.15, -0.1) is 0 Å². The first kappa shape index (κ1) is 17.6. The number of amides is 2. The van der Waals surface area contributed by atoms with E-state index in [-0.39, 0.29) is 11.8 Å². The van der Waals surface area contributed by atoms with E-state index in [9.17, 15) is 9.59 Å². The number of hydrogen-bond acceptors (Lipinski definition) is 5. The Balaban J connectivity index is 1.33. The summed E-state index contributed by atoms with van der Waals surface area (Å²) in [6.45, 7) is 1.73. The summed E-state index contributed by atoms with van der Waals surface area (Å²) in [6.07, 6.45) is 10.3. The third-order valence-electron chi connectivity index (χ3n) is 5.25. The fraction of sp³-hybridized carbons (Fsp3) is 0.526. The number of aromatic nitrogens is 4. The maximum atomic E-state index is 12.5. The number of aryl methyl sites for hydroxylation is 1. The maximum Gasteiger partial charge on any atom is 0.274 e. The first-order valence-electron chi connectivity index (χ1n) is 9.59. The first-order chi connectivity index (χ1) is 13.2. The highest BCUT2D eigenvalue weighted by molar-refractivity contribution is 5.91. The van der Waals surface area contributed by atoms with Gasteiger partial charge in [0.15, 0.2) is 0 Å². The van der Waals surface area contributed by atoms with Crippen molar-refractivity contribution in [3.8, 4) is 0 Å². The largest absolute Gasteiger partial charge is 0.353 e. The van der Waals surface area contributed by atoms with E-state index in [2.05, 4.69) is 20.4 Å². The zero-order valence-electron chi connectivity index (χ0n) is 15.3. The van der Waals surface area contributed by atoms with Crippen LogP contribution in [0.1, 0.15) is 54.0 Å². The molecule has 1 fully saturated rings. The van der Waals surface area contributed by atoms with Gasteiger partial charge in [0.1, 0.15) is 5.69 Å². The predicted octanol–water partition coefficient (Wildman–Crippen LogP) is 1.32. The molecule has 1 aliphatic carbocycles. The summed E-state index contributed by atoms with van der Waals surface area (Å²) >= 11 is 0. The molecule has 0 atom stereocenters. The van der Waals surface area contributed by atoms with E-state index in [1.807, 2.05) is 10.7 Å². The minimum atomic E-state index is -0.118. The van der Waals surface area contributed by atoms with Gasteiger partial charge in [0, 0.05) is 37.8 Å². The van der Waals surface area contributed by atoms with Crippen LogP contribution >= 0.6 is 0 Å². The minimum absolute atomic E-state index is 0.104. The topological polar surface area (TPSA) is 93.0 Å². The second-order valence-electron chi connectivity index (χ2n) is 7.22. The van der Waals surface area contributed by atoms with Crippen molar-refractivity contribution in [3.63, 3.8) is 0 Å². The normalized spacial score (nSPS) is 17.0. The lowest BCUT2D eigenvalue weighted by Crippen LogP contribution is -2.38. The van der Waals surface area contributed by atoms with Crippen LogP contribution in [0.25, 0.3) is 0 Å². The second kappa shape index (κ2) is 7.85. The highest BCUT2D eigenvalue weighted by Gasteiger charge is 2.24. The molecule has 2 aromatic rings. The zero-order chi connectivity index (χ0) is 18.6. The molecule has 0 spiro atoms. The van der Waals surface area contributed by atoms with Gasteiger partial charge in [0.2, 0.25) is 5.91 Å². The molecule has 3 heterocycles. The van der Waals surface area contributed by atoms with Crippen LogP contribution in [0, 0.1) is 0 Å². The molecule has 0 saturated heterocycles. The van der Waals surface area contributed by atoms with Crippen LogP contribution < -0.4 is 5.32 Å². The van der Waals surface area contributed by atoms with E-state index >= 15 is 0 Å². The van der Waals surface area contributed by atoms with Crippen molar-refractivity contribution >= 4 is 11.8 Å². The van der Waals surface area contributed by atoms with Crippen molar-refractivity contribution < 1.29 is 9.59 Å². The molecule has 142 valence electrons.